The predicted octanol–water partition coefficient (Wildman–Crippen LogP) is 1.87. The largest absolute Gasteiger partial charge is 0.449 e. The van der Waals surface area contributed by atoms with Crippen molar-refractivity contribution < 1.29 is 9.53 Å². The monoisotopic (exact) mass is 171 g/mol. The molecule has 1 fully saturated rings. The molecule has 1 aliphatic heterocycles. The molecule has 0 aliphatic carbocycles. The molecule has 0 aromatic rings. The van der Waals surface area contributed by atoms with Crippen LogP contribution >= 0.6 is 0 Å². The number of likely N-dealkylation sites (tertiary alicyclic amines) is 1. The van der Waals surface area contributed by atoms with Gasteiger partial charge in [-0.25, -0.2) is 4.79 Å². The summed E-state index contributed by atoms with van der Waals surface area (Å²) in [4.78, 5) is 13.0. The van der Waals surface area contributed by atoms with Gasteiger partial charge in [-0.2, -0.15) is 0 Å². The number of rotatable bonds is 2. The number of carbonyl (C=O) groups excluding carboxylic acids is 1. The van der Waals surface area contributed by atoms with Crippen molar-refractivity contribution in [2.75, 3.05) is 19.7 Å². The first-order valence-electron chi connectivity index (χ1n) is 4.65. The second kappa shape index (κ2) is 4.33. The molecule has 0 radical (unpaired) electrons. The number of carbonyl (C=O) groups is 1. The van der Waals surface area contributed by atoms with Gasteiger partial charge in [0.2, 0.25) is 0 Å². The molecule has 70 valence electrons. The molecule has 1 aliphatic rings. The first-order valence-corrected chi connectivity index (χ1v) is 4.65. The molecule has 0 bridgehead atoms. The molecule has 1 atom stereocenters. The van der Waals surface area contributed by atoms with E-state index < -0.39 is 0 Å². The van der Waals surface area contributed by atoms with Crippen molar-refractivity contribution in [2.24, 2.45) is 5.92 Å². The van der Waals surface area contributed by atoms with Crippen LogP contribution in [0.2, 0.25) is 0 Å². The van der Waals surface area contributed by atoms with Gasteiger partial charge in [0.25, 0.3) is 0 Å². The zero-order valence-electron chi connectivity index (χ0n) is 7.88. The number of nitrogens with zero attached hydrogens (tertiary/aromatic N) is 1. The van der Waals surface area contributed by atoms with Crippen LogP contribution in [0.1, 0.15) is 26.7 Å². The minimum Gasteiger partial charge on any atom is -0.449 e. The molecule has 12 heavy (non-hydrogen) atoms. The summed E-state index contributed by atoms with van der Waals surface area (Å²) in [6.07, 6.45) is 1.87. The smallest absolute Gasteiger partial charge is 0.409 e. The fourth-order valence-corrected chi connectivity index (χ4v) is 1.38. The number of hydrogen-bond donors (Lipinski definition) is 0. The molecule has 3 heteroatoms. The van der Waals surface area contributed by atoms with Crippen LogP contribution in [0.5, 0.6) is 0 Å². The lowest BCUT2D eigenvalue weighted by Gasteiger charge is -2.14. The third kappa shape index (κ3) is 2.40. The van der Waals surface area contributed by atoms with Crippen LogP contribution in [0.15, 0.2) is 0 Å². The van der Waals surface area contributed by atoms with Crippen molar-refractivity contribution in [3.8, 4) is 0 Å². The highest BCUT2D eigenvalue weighted by Gasteiger charge is 2.23. The molecular weight excluding hydrogens is 154 g/mol. The van der Waals surface area contributed by atoms with E-state index in [0.29, 0.717) is 12.5 Å². The van der Waals surface area contributed by atoms with Crippen molar-refractivity contribution in [3.63, 3.8) is 0 Å². The van der Waals surface area contributed by atoms with Gasteiger partial charge < -0.3 is 9.64 Å². The minimum absolute atomic E-state index is 0.138. The highest BCUT2D eigenvalue weighted by Crippen LogP contribution is 2.15. The van der Waals surface area contributed by atoms with Crippen molar-refractivity contribution in [1.29, 1.82) is 0 Å². The first-order chi connectivity index (χ1) is 5.74. The molecule has 1 amide bonds. The Bertz CT molecular complexity index is 159. The molecule has 0 spiro atoms. The average Bonchev–Trinajstić information content (AvgIpc) is 2.47. The fraction of sp³-hybridized carbons (Fsp3) is 0.889. The highest BCUT2D eigenvalue weighted by atomic mass is 16.6. The molecule has 1 unspecified atom stereocenters. The Kier molecular flexibility index (Phi) is 3.38. The van der Waals surface area contributed by atoms with Crippen LogP contribution in [0.4, 0.5) is 4.79 Å². The van der Waals surface area contributed by atoms with Gasteiger partial charge in [0.1, 0.15) is 0 Å². The van der Waals surface area contributed by atoms with Gasteiger partial charge in [0.05, 0.1) is 6.61 Å². The van der Waals surface area contributed by atoms with Crippen LogP contribution in [0.3, 0.4) is 0 Å². The number of ether oxygens (including phenoxy) is 1. The normalized spacial score (nSPS) is 22.8. The maximum atomic E-state index is 11.3. The lowest BCUT2D eigenvalue weighted by molar-refractivity contribution is 0.109. The molecule has 0 aromatic carbocycles. The molecular formula is C9H17NO2. The third-order valence-electron chi connectivity index (χ3n) is 2.11. The summed E-state index contributed by atoms with van der Waals surface area (Å²) in [6.45, 7) is 6.43. The van der Waals surface area contributed by atoms with Gasteiger partial charge in [0, 0.05) is 13.1 Å². The lowest BCUT2D eigenvalue weighted by Crippen LogP contribution is -2.29. The topological polar surface area (TPSA) is 29.5 Å². The van der Waals surface area contributed by atoms with E-state index in [9.17, 15) is 4.79 Å². The van der Waals surface area contributed by atoms with E-state index in [1.54, 1.807) is 4.90 Å². The summed E-state index contributed by atoms with van der Waals surface area (Å²) in [6, 6.07) is 0. The summed E-state index contributed by atoms with van der Waals surface area (Å²) in [5.41, 5.74) is 0. The fourth-order valence-electron chi connectivity index (χ4n) is 1.38. The van der Waals surface area contributed by atoms with Crippen molar-refractivity contribution >= 4 is 6.09 Å². The molecule has 0 saturated carbocycles. The summed E-state index contributed by atoms with van der Waals surface area (Å²) >= 11 is 0. The van der Waals surface area contributed by atoms with Crippen LogP contribution in [0, 0.1) is 5.92 Å². The predicted molar refractivity (Wildman–Crippen MR) is 47.0 cm³/mol. The Hall–Kier alpha value is -0.730. The summed E-state index contributed by atoms with van der Waals surface area (Å²) in [5.74, 6) is 0.638. The van der Waals surface area contributed by atoms with Crippen molar-refractivity contribution in [3.05, 3.63) is 0 Å². The maximum Gasteiger partial charge on any atom is 0.409 e. The Labute approximate surface area is 73.7 Å². The summed E-state index contributed by atoms with van der Waals surface area (Å²) < 4.78 is 5.01. The Balaban J connectivity index is 2.23. The summed E-state index contributed by atoms with van der Waals surface area (Å²) in [5, 5.41) is 0. The third-order valence-corrected chi connectivity index (χ3v) is 2.11. The highest BCUT2D eigenvalue weighted by molar-refractivity contribution is 5.67. The first kappa shape index (κ1) is 9.36. The van der Waals surface area contributed by atoms with Gasteiger partial charge in [-0.3, -0.25) is 0 Å². The SMILES string of the molecule is CCCOC(=O)N1CCC(C)C1. The second-order valence-corrected chi connectivity index (χ2v) is 3.45. The summed E-state index contributed by atoms with van der Waals surface area (Å²) in [7, 11) is 0. The van der Waals surface area contributed by atoms with Gasteiger partial charge >= 0.3 is 6.09 Å². The van der Waals surface area contributed by atoms with Crippen LogP contribution in [0.25, 0.3) is 0 Å². The number of hydrogen-bond acceptors (Lipinski definition) is 2. The van der Waals surface area contributed by atoms with Crippen LogP contribution < -0.4 is 0 Å². The quantitative estimate of drug-likeness (QED) is 0.634. The van der Waals surface area contributed by atoms with E-state index in [1.807, 2.05) is 6.92 Å². The second-order valence-electron chi connectivity index (χ2n) is 3.45. The van der Waals surface area contributed by atoms with Crippen LogP contribution in [-0.2, 0) is 4.74 Å². The van der Waals surface area contributed by atoms with E-state index in [-0.39, 0.29) is 6.09 Å². The molecule has 1 rings (SSSR count). The molecule has 0 N–H and O–H groups in total. The van der Waals surface area contributed by atoms with Crippen molar-refractivity contribution in [2.45, 2.75) is 26.7 Å². The van der Waals surface area contributed by atoms with E-state index in [1.165, 1.54) is 0 Å². The Morgan fingerprint density at radius 1 is 1.67 bits per heavy atom. The standard InChI is InChI=1S/C9H17NO2/c1-3-6-12-9(11)10-5-4-8(2)7-10/h8H,3-7H2,1-2H3. The van der Waals surface area contributed by atoms with Crippen LogP contribution in [-0.4, -0.2) is 30.7 Å². The van der Waals surface area contributed by atoms with E-state index in [2.05, 4.69) is 6.92 Å². The Morgan fingerprint density at radius 3 is 2.92 bits per heavy atom. The van der Waals surface area contributed by atoms with E-state index >= 15 is 0 Å². The Morgan fingerprint density at radius 2 is 2.42 bits per heavy atom. The average molecular weight is 171 g/mol. The van der Waals surface area contributed by atoms with E-state index in [0.717, 1.165) is 25.9 Å². The number of amides is 1. The molecule has 3 nitrogen and oxygen atoms in total. The molecule has 0 aromatic heterocycles. The zero-order valence-corrected chi connectivity index (χ0v) is 7.88. The van der Waals surface area contributed by atoms with E-state index in [4.69, 9.17) is 4.74 Å². The van der Waals surface area contributed by atoms with Gasteiger partial charge in [-0.05, 0) is 18.8 Å². The van der Waals surface area contributed by atoms with Gasteiger partial charge in [-0.1, -0.05) is 13.8 Å². The lowest BCUT2D eigenvalue weighted by atomic mass is 10.2. The van der Waals surface area contributed by atoms with Gasteiger partial charge in [-0.15, -0.1) is 0 Å². The maximum absolute atomic E-state index is 11.3. The molecule has 1 saturated heterocycles. The van der Waals surface area contributed by atoms with Gasteiger partial charge in [0.15, 0.2) is 0 Å². The zero-order chi connectivity index (χ0) is 8.97. The molecule has 1 heterocycles. The van der Waals surface area contributed by atoms with Crippen molar-refractivity contribution in [1.82, 2.24) is 4.90 Å². The minimum atomic E-state index is -0.138.